The number of amides is 2. The van der Waals surface area contributed by atoms with Crippen molar-refractivity contribution in [2.45, 2.75) is 63.2 Å². The minimum Gasteiger partial charge on any atom is -0.481 e. The molecule has 6 heteroatoms. The van der Waals surface area contributed by atoms with Crippen LogP contribution in [0.2, 0.25) is 0 Å². The molecule has 3 fully saturated rings. The third-order valence-corrected chi connectivity index (χ3v) is 4.97. The minimum atomic E-state index is -0.788. The van der Waals surface area contributed by atoms with E-state index in [0.29, 0.717) is 19.5 Å². The van der Waals surface area contributed by atoms with Crippen LogP contribution < -0.4 is 5.32 Å². The molecule has 0 radical (unpaired) electrons. The SMILES string of the molecule is O=C(O)C1CCCCCC1NC(=O)N1CC2CCC(C1)O2. The summed E-state index contributed by atoms with van der Waals surface area (Å²) < 4.78 is 5.73. The van der Waals surface area contributed by atoms with Crippen LogP contribution in [0.5, 0.6) is 0 Å². The first-order valence-corrected chi connectivity index (χ1v) is 8.07. The molecule has 0 spiro atoms. The number of nitrogens with zero attached hydrogens (tertiary/aromatic N) is 1. The smallest absolute Gasteiger partial charge is 0.317 e. The van der Waals surface area contributed by atoms with Crippen molar-refractivity contribution >= 4 is 12.0 Å². The lowest BCUT2D eigenvalue weighted by Gasteiger charge is -2.34. The van der Waals surface area contributed by atoms with Gasteiger partial charge < -0.3 is 20.1 Å². The van der Waals surface area contributed by atoms with Gasteiger partial charge in [-0.05, 0) is 25.7 Å². The minimum absolute atomic E-state index is 0.117. The zero-order valence-electron chi connectivity index (χ0n) is 12.3. The van der Waals surface area contributed by atoms with Gasteiger partial charge in [-0.15, -0.1) is 0 Å². The number of carbonyl (C=O) groups is 2. The molecule has 118 valence electrons. The predicted octanol–water partition coefficient (Wildman–Crippen LogP) is 1.59. The molecule has 2 heterocycles. The van der Waals surface area contributed by atoms with Gasteiger partial charge in [-0.2, -0.15) is 0 Å². The van der Waals surface area contributed by atoms with E-state index in [1.165, 1.54) is 0 Å². The van der Waals surface area contributed by atoms with Crippen LogP contribution in [0.25, 0.3) is 0 Å². The number of urea groups is 1. The van der Waals surface area contributed by atoms with Crippen molar-refractivity contribution in [2.24, 2.45) is 5.92 Å². The zero-order chi connectivity index (χ0) is 14.8. The van der Waals surface area contributed by atoms with Crippen LogP contribution in [0.3, 0.4) is 0 Å². The maximum atomic E-state index is 12.4. The standard InChI is InChI=1S/C15H24N2O4/c18-14(19)12-4-2-1-3-5-13(12)16-15(20)17-8-10-6-7-11(9-17)21-10/h10-13H,1-9H2,(H,16,20)(H,18,19). The van der Waals surface area contributed by atoms with Crippen molar-refractivity contribution in [1.29, 1.82) is 0 Å². The molecule has 3 rings (SSSR count). The second-order valence-electron chi connectivity index (χ2n) is 6.50. The third-order valence-electron chi connectivity index (χ3n) is 4.97. The average Bonchev–Trinajstić information content (AvgIpc) is 2.66. The fourth-order valence-corrected chi connectivity index (χ4v) is 3.81. The topological polar surface area (TPSA) is 78.9 Å². The molecule has 4 unspecified atom stereocenters. The van der Waals surface area contributed by atoms with Crippen LogP contribution in [0, 0.1) is 5.92 Å². The highest BCUT2D eigenvalue weighted by Crippen LogP contribution is 2.27. The molecule has 3 aliphatic rings. The van der Waals surface area contributed by atoms with Crippen LogP contribution in [0.4, 0.5) is 4.79 Å². The summed E-state index contributed by atoms with van der Waals surface area (Å²) in [5.74, 6) is -1.24. The van der Waals surface area contributed by atoms with E-state index < -0.39 is 11.9 Å². The summed E-state index contributed by atoms with van der Waals surface area (Å²) in [7, 11) is 0. The number of aliphatic carboxylic acids is 1. The van der Waals surface area contributed by atoms with Crippen molar-refractivity contribution in [1.82, 2.24) is 10.2 Å². The molecule has 0 aromatic carbocycles. The third kappa shape index (κ3) is 3.31. The van der Waals surface area contributed by atoms with E-state index >= 15 is 0 Å². The lowest BCUT2D eigenvalue weighted by Crippen LogP contribution is -2.53. The van der Waals surface area contributed by atoms with Crippen LogP contribution >= 0.6 is 0 Å². The van der Waals surface area contributed by atoms with Gasteiger partial charge in [-0.25, -0.2) is 4.79 Å². The van der Waals surface area contributed by atoms with E-state index in [1.54, 1.807) is 4.90 Å². The molecule has 2 N–H and O–H groups in total. The molecule has 6 nitrogen and oxygen atoms in total. The molecule has 2 saturated heterocycles. The Bertz CT molecular complexity index is 402. The highest BCUT2D eigenvalue weighted by molar-refractivity contribution is 5.77. The molecular weight excluding hydrogens is 272 g/mol. The molecule has 1 aliphatic carbocycles. The Morgan fingerprint density at radius 2 is 1.67 bits per heavy atom. The molecule has 21 heavy (non-hydrogen) atoms. The first-order valence-electron chi connectivity index (χ1n) is 8.07. The molecule has 0 aromatic rings. The van der Waals surface area contributed by atoms with Crippen molar-refractivity contribution in [3.8, 4) is 0 Å². The Labute approximate surface area is 124 Å². The first-order chi connectivity index (χ1) is 10.1. The van der Waals surface area contributed by atoms with Crippen LogP contribution in [0.1, 0.15) is 44.9 Å². The van der Waals surface area contributed by atoms with E-state index in [-0.39, 0.29) is 24.3 Å². The number of fused-ring (bicyclic) bond motifs is 2. The zero-order valence-corrected chi connectivity index (χ0v) is 12.3. The molecule has 1 saturated carbocycles. The lowest BCUT2D eigenvalue weighted by atomic mass is 9.95. The summed E-state index contributed by atoms with van der Waals surface area (Å²) in [6.07, 6.45) is 6.78. The molecule has 2 amide bonds. The van der Waals surface area contributed by atoms with Gasteiger partial charge in [0, 0.05) is 19.1 Å². The summed E-state index contributed by atoms with van der Waals surface area (Å²) in [4.78, 5) is 25.6. The quantitative estimate of drug-likeness (QED) is 0.759. The summed E-state index contributed by atoms with van der Waals surface area (Å²) in [6.45, 7) is 1.26. The number of morpholine rings is 1. The van der Waals surface area contributed by atoms with Crippen LogP contribution in [-0.4, -0.2) is 53.3 Å². The average molecular weight is 296 g/mol. The second-order valence-corrected chi connectivity index (χ2v) is 6.50. The largest absolute Gasteiger partial charge is 0.481 e. The van der Waals surface area contributed by atoms with Crippen molar-refractivity contribution in [3.05, 3.63) is 0 Å². The van der Waals surface area contributed by atoms with Gasteiger partial charge >= 0.3 is 12.0 Å². The molecule has 2 bridgehead atoms. The van der Waals surface area contributed by atoms with E-state index in [9.17, 15) is 14.7 Å². The van der Waals surface area contributed by atoms with E-state index in [0.717, 1.165) is 38.5 Å². The van der Waals surface area contributed by atoms with Gasteiger partial charge in [0.25, 0.3) is 0 Å². The number of hydrogen-bond donors (Lipinski definition) is 2. The Morgan fingerprint density at radius 3 is 2.33 bits per heavy atom. The summed E-state index contributed by atoms with van der Waals surface area (Å²) in [5, 5.41) is 12.3. The monoisotopic (exact) mass is 296 g/mol. The molecule has 2 aliphatic heterocycles. The number of ether oxygens (including phenoxy) is 1. The van der Waals surface area contributed by atoms with E-state index in [4.69, 9.17) is 4.74 Å². The highest BCUT2D eigenvalue weighted by Gasteiger charge is 2.37. The first kappa shape index (κ1) is 14.6. The predicted molar refractivity (Wildman–Crippen MR) is 76.0 cm³/mol. The van der Waals surface area contributed by atoms with Crippen LogP contribution in [0.15, 0.2) is 0 Å². The Kier molecular flexibility index (Phi) is 4.33. The van der Waals surface area contributed by atoms with Gasteiger partial charge in [0.1, 0.15) is 0 Å². The number of carboxylic acid groups (broad SMARTS) is 1. The number of nitrogens with one attached hydrogen (secondary N) is 1. The fraction of sp³-hybridized carbons (Fsp3) is 0.867. The lowest BCUT2D eigenvalue weighted by molar-refractivity contribution is -0.142. The number of likely N-dealkylation sites (tertiary alicyclic amines) is 1. The maximum Gasteiger partial charge on any atom is 0.317 e. The van der Waals surface area contributed by atoms with Crippen LogP contribution in [-0.2, 0) is 9.53 Å². The highest BCUT2D eigenvalue weighted by atomic mass is 16.5. The van der Waals surface area contributed by atoms with Gasteiger partial charge in [0.05, 0.1) is 18.1 Å². The second kappa shape index (κ2) is 6.22. The summed E-state index contributed by atoms with van der Waals surface area (Å²) in [5.41, 5.74) is 0. The fourth-order valence-electron chi connectivity index (χ4n) is 3.81. The number of carbonyl (C=O) groups excluding carboxylic acids is 1. The Balaban J connectivity index is 1.60. The van der Waals surface area contributed by atoms with Gasteiger partial charge in [-0.1, -0.05) is 19.3 Å². The van der Waals surface area contributed by atoms with E-state index in [2.05, 4.69) is 5.32 Å². The normalized spacial score (nSPS) is 36.1. The van der Waals surface area contributed by atoms with E-state index in [1.807, 2.05) is 0 Å². The molecular formula is C15H24N2O4. The summed E-state index contributed by atoms with van der Waals surface area (Å²) >= 11 is 0. The van der Waals surface area contributed by atoms with Gasteiger partial charge in [0.15, 0.2) is 0 Å². The van der Waals surface area contributed by atoms with Crippen molar-refractivity contribution in [3.63, 3.8) is 0 Å². The Morgan fingerprint density at radius 1 is 1.00 bits per heavy atom. The summed E-state index contributed by atoms with van der Waals surface area (Å²) in [6, 6.07) is -0.355. The van der Waals surface area contributed by atoms with Crippen molar-refractivity contribution in [2.75, 3.05) is 13.1 Å². The molecule has 0 aromatic heterocycles. The van der Waals surface area contributed by atoms with Gasteiger partial charge in [0.2, 0.25) is 0 Å². The number of rotatable bonds is 2. The Hall–Kier alpha value is -1.30. The maximum absolute atomic E-state index is 12.4. The van der Waals surface area contributed by atoms with Gasteiger partial charge in [-0.3, -0.25) is 4.79 Å². The molecule has 4 atom stereocenters. The van der Waals surface area contributed by atoms with Crippen molar-refractivity contribution < 1.29 is 19.4 Å². The number of carboxylic acids is 1. The number of hydrogen-bond acceptors (Lipinski definition) is 3.